The van der Waals surface area contributed by atoms with Crippen molar-refractivity contribution in [1.82, 2.24) is 0 Å². The summed E-state index contributed by atoms with van der Waals surface area (Å²) in [6.45, 7) is 0. The van der Waals surface area contributed by atoms with Crippen LogP contribution < -0.4 is 5.32 Å². The highest BCUT2D eigenvalue weighted by atomic mass is 16.2. The van der Waals surface area contributed by atoms with E-state index in [1.165, 1.54) is 0 Å². The van der Waals surface area contributed by atoms with Gasteiger partial charge in [0.25, 0.3) is 0 Å². The summed E-state index contributed by atoms with van der Waals surface area (Å²) in [5.74, 6) is 0.504. The maximum atomic E-state index is 12.4. The third-order valence-corrected chi connectivity index (χ3v) is 4.70. The van der Waals surface area contributed by atoms with Gasteiger partial charge in [-0.15, -0.1) is 0 Å². The zero-order valence-electron chi connectivity index (χ0n) is 11.8. The number of ketones is 1. The minimum atomic E-state index is -0.0614. The number of benzene rings is 1. The van der Waals surface area contributed by atoms with E-state index in [-0.39, 0.29) is 23.7 Å². The molecular formula is C17H18N2O2. The number of amides is 1. The van der Waals surface area contributed by atoms with Crippen molar-refractivity contribution in [2.24, 2.45) is 17.8 Å². The first-order valence-electron chi connectivity index (χ1n) is 7.52. The van der Waals surface area contributed by atoms with Gasteiger partial charge in [-0.2, -0.15) is 5.26 Å². The molecule has 4 heteroatoms. The lowest BCUT2D eigenvalue weighted by Gasteiger charge is -2.36. The molecule has 0 saturated heterocycles. The predicted octanol–water partition coefficient (Wildman–Crippen LogP) is 2.89. The van der Waals surface area contributed by atoms with Gasteiger partial charge in [-0.3, -0.25) is 9.59 Å². The second kappa shape index (κ2) is 5.69. The Morgan fingerprint density at radius 1 is 1.14 bits per heavy atom. The number of fused-ring (bicyclic) bond motifs is 2. The quantitative estimate of drug-likeness (QED) is 0.906. The minimum Gasteiger partial charge on any atom is -0.326 e. The van der Waals surface area contributed by atoms with Crippen molar-refractivity contribution in [1.29, 1.82) is 5.26 Å². The van der Waals surface area contributed by atoms with Crippen LogP contribution in [0.4, 0.5) is 5.69 Å². The molecule has 0 aromatic heterocycles. The van der Waals surface area contributed by atoms with Gasteiger partial charge in [0, 0.05) is 23.4 Å². The van der Waals surface area contributed by atoms with Crippen LogP contribution in [-0.4, -0.2) is 11.7 Å². The maximum absolute atomic E-state index is 12.4. The van der Waals surface area contributed by atoms with Crippen LogP contribution >= 0.6 is 0 Å². The summed E-state index contributed by atoms with van der Waals surface area (Å²) >= 11 is 0. The highest BCUT2D eigenvalue weighted by Crippen LogP contribution is 2.40. The van der Waals surface area contributed by atoms with Crippen LogP contribution in [0.1, 0.15) is 37.7 Å². The van der Waals surface area contributed by atoms with E-state index >= 15 is 0 Å². The highest BCUT2D eigenvalue weighted by Gasteiger charge is 2.41. The monoisotopic (exact) mass is 282 g/mol. The molecule has 2 fully saturated rings. The van der Waals surface area contributed by atoms with Crippen LogP contribution in [0.3, 0.4) is 0 Å². The Hall–Kier alpha value is -2.15. The number of anilines is 1. The number of carbonyl (C=O) groups is 2. The van der Waals surface area contributed by atoms with Crippen molar-refractivity contribution in [3.05, 3.63) is 29.8 Å². The fraction of sp³-hybridized carbons (Fsp3) is 0.471. The number of nitrogens with zero attached hydrogens (tertiary/aromatic N) is 1. The van der Waals surface area contributed by atoms with Gasteiger partial charge in [0.15, 0.2) is 0 Å². The molecule has 1 aromatic carbocycles. The zero-order chi connectivity index (χ0) is 14.8. The number of nitriles is 1. The molecule has 2 aliphatic rings. The molecule has 0 spiro atoms. The molecule has 2 aliphatic carbocycles. The fourth-order valence-corrected chi connectivity index (χ4v) is 3.57. The first-order chi connectivity index (χ1) is 10.2. The SMILES string of the molecule is N#Cc1ccc(NC(=O)C2CC3CCCC(C2)C3=O)cc1. The van der Waals surface area contributed by atoms with Crippen LogP contribution in [-0.2, 0) is 9.59 Å². The summed E-state index contributed by atoms with van der Waals surface area (Å²) in [5.41, 5.74) is 1.28. The van der Waals surface area contributed by atoms with E-state index in [2.05, 4.69) is 11.4 Å². The van der Waals surface area contributed by atoms with Crippen LogP contribution in [0.25, 0.3) is 0 Å². The molecular weight excluding hydrogens is 264 g/mol. The normalized spacial score (nSPS) is 27.8. The van der Waals surface area contributed by atoms with Crippen molar-refractivity contribution in [2.45, 2.75) is 32.1 Å². The van der Waals surface area contributed by atoms with Gasteiger partial charge in [-0.05, 0) is 49.9 Å². The predicted molar refractivity (Wildman–Crippen MR) is 78.3 cm³/mol. The van der Waals surface area contributed by atoms with Gasteiger partial charge >= 0.3 is 0 Å². The van der Waals surface area contributed by atoms with Gasteiger partial charge in [0.05, 0.1) is 11.6 Å². The van der Waals surface area contributed by atoms with Crippen molar-refractivity contribution >= 4 is 17.4 Å². The van der Waals surface area contributed by atoms with Gasteiger partial charge in [-0.1, -0.05) is 6.42 Å². The average molecular weight is 282 g/mol. The summed E-state index contributed by atoms with van der Waals surface area (Å²) in [6.07, 6.45) is 4.38. The molecule has 4 nitrogen and oxygen atoms in total. The summed E-state index contributed by atoms with van der Waals surface area (Å²) in [4.78, 5) is 24.4. The van der Waals surface area contributed by atoms with E-state index < -0.39 is 0 Å². The van der Waals surface area contributed by atoms with Gasteiger partial charge in [0.1, 0.15) is 5.78 Å². The molecule has 2 unspecified atom stereocenters. The molecule has 108 valence electrons. The summed E-state index contributed by atoms with van der Waals surface area (Å²) in [6, 6.07) is 8.91. The molecule has 21 heavy (non-hydrogen) atoms. The Balaban J connectivity index is 1.65. The van der Waals surface area contributed by atoms with E-state index in [1.807, 2.05) is 0 Å². The average Bonchev–Trinajstić information content (AvgIpc) is 2.47. The van der Waals surface area contributed by atoms with E-state index in [1.54, 1.807) is 24.3 Å². The van der Waals surface area contributed by atoms with E-state index in [0.717, 1.165) is 19.3 Å². The fourth-order valence-electron chi connectivity index (χ4n) is 3.57. The molecule has 1 amide bonds. The summed E-state index contributed by atoms with van der Waals surface area (Å²) < 4.78 is 0. The zero-order valence-corrected chi connectivity index (χ0v) is 11.8. The second-order valence-electron chi connectivity index (χ2n) is 6.07. The molecule has 0 heterocycles. The van der Waals surface area contributed by atoms with Crippen molar-refractivity contribution < 1.29 is 9.59 Å². The largest absolute Gasteiger partial charge is 0.326 e. The Kier molecular flexibility index (Phi) is 3.74. The Labute approximate surface area is 124 Å². The van der Waals surface area contributed by atoms with E-state index in [9.17, 15) is 9.59 Å². The van der Waals surface area contributed by atoms with Crippen LogP contribution in [0, 0.1) is 29.1 Å². The third kappa shape index (κ3) is 2.82. The molecule has 1 aromatic rings. The van der Waals surface area contributed by atoms with Gasteiger partial charge < -0.3 is 5.32 Å². The smallest absolute Gasteiger partial charge is 0.227 e. The second-order valence-corrected chi connectivity index (χ2v) is 6.07. The highest BCUT2D eigenvalue weighted by molar-refractivity contribution is 5.95. The number of hydrogen-bond acceptors (Lipinski definition) is 3. The summed E-state index contributed by atoms with van der Waals surface area (Å²) in [5, 5.41) is 11.7. The lowest BCUT2D eigenvalue weighted by atomic mass is 9.67. The van der Waals surface area contributed by atoms with Gasteiger partial charge in [-0.25, -0.2) is 0 Å². The molecule has 2 atom stereocenters. The van der Waals surface area contributed by atoms with Crippen LogP contribution in [0.2, 0.25) is 0 Å². The number of Topliss-reactive ketones (excluding diaryl/α,β-unsaturated/α-hetero) is 1. The molecule has 0 aliphatic heterocycles. The number of hydrogen-bond donors (Lipinski definition) is 1. The van der Waals surface area contributed by atoms with Crippen molar-refractivity contribution in [3.8, 4) is 6.07 Å². The molecule has 2 saturated carbocycles. The Bertz CT molecular complexity index is 584. The minimum absolute atomic E-state index is 0.00380. The Morgan fingerprint density at radius 3 is 2.33 bits per heavy atom. The topological polar surface area (TPSA) is 70.0 Å². The number of rotatable bonds is 2. The first-order valence-corrected chi connectivity index (χ1v) is 7.52. The molecule has 1 N–H and O–H groups in total. The lowest BCUT2D eigenvalue weighted by Crippen LogP contribution is -2.40. The third-order valence-electron chi connectivity index (χ3n) is 4.70. The molecule has 2 bridgehead atoms. The van der Waals surface area contributed by atoms with Crippen LogP contribution in [0.5, 0.6) is 0 Å². The van der Waals surface area contributed by atoms with E-state index in [4.69, 9.17) is 5.26 Å². The van der Waals surface area contributed by atoms with E-state index in [0.29, 0.717) is 29.9 Å². The van der Waals surface area contributed by atoms with Gasteiger partial charge in [0.2, 0.25) is 5.91 Å². The number of carbonyl (C=O) groups excluding carboxylic acids is 2. The number of nitrogens with one attached hydrogen (secondary N) is 1. The maximum Gasteiger partial charge on any atom is 0.227 e. The van der Waals surface area contributed by atoms with Crippen molar-refractivity contribution in [3.63, 3.8) is 0 Å². The first kappa shape index (κ1) is 13.8. The standard InChI is InChI=1S/C17H18N2O2/c18-10-11-4-6-15(7-5-11)19-17(21)14-8-12-2-1-3-13(9-14)16(12)20/h4-7,12-14H,1-3,8-9H2,(H,19,21). The summed E-state index contributed by atoms with van der Waals surface area (Å²) in [7, 11) is 0. The van der Waals surface area contributed by atoms with Crippen molar-refractivity contribution in [2.75, 3.05) is 5.32 Å². The molecule has 0 radical (unpaired) electrons. The van der Waals surface area contributed by atoms with Crippen LogP contribution in [0.15, 0.2) is 24.3 Å². The molecule has 3 rings (SSSR count). The Morgan fingerprint density at radius 2 is 1.76 bits per heavy atom. The lowest BCUT2D eigenvalue weighted by molar-refractivity contribution is -0.136.